The van der Waals surface area contributed by atoms with E-state index in [1.54, 1.807) is 0 Å². The zero-order valence-corrected chi connectivity index (χ0v) is 13.6. The van der Waals surface area contributed by atoms with E-state index in [2.05, 4.69) is 22.1 Å². The van der Waals surface area contributed by atoms with E-state index in [0.29, 0.717) is 12.0 Å². The summed E-state index contributed by atoms with van der Waals surface area (Å²) in [6.45, 7) is 4.04. The van der Waals surface area contributed by atoms with Gasteiger partial charge in [-0.2, -0.15) is 13.2 Å². The number of nitrogens with zero attached hydrogens (tertiary/aromatic N) is 2. The van der Waals surface area contributed by atoms with Gasteiger partial charge < -0.3 is 9.73 Å². The highest BCUT2D eigenvalue weighted by Crippen LogP contribution is 2.34. The van der Waals surface area contributed by atoms with Crippen molar-refractivity contribution >= 4 is 16.9 Å². The molecule has 5 nitrogen and oxygen atoms in total. The average Bonchev–Trinajstić information content (AvgIpc) is 2.99. The Morgan fingerprint density at radius 2 is 2.20 bits per heavy atom. The summed E-state index contributed by atoms with van der Waals surface area (Å²) in [6, 6.07) is 2.74. The Morgan fingerprint density at radius 1 is 1.40 bits per heavy atom. The van der Waals surface area contributed by atoms with Crippen LogP contribution in [0, 0.1) is 5.92 Å². The van der Waals surface area contributed by atoms with Gasteiger partial charge in [0.15, 0.2) is 0 Å². The van der Waals surface area contributed by atoms with Crippen molar-refractivity contribution < 1.29 is 22.4 Å². The molecule has 8 heteroatoms. The first kappa shape index (κ1) is 16.4. The van der Waals surface area contributed by atoms with Crippen LogP contribution in [0.3, 0.4) is 0 Å². The third kappa shape index (κ3) is 2.99. The van der Waals surface area contributed by atoms with Gasteiger partial charge in [0.25, 0.3) is 5.91 Å². The van der Waals surface area contributed by atoms with Gasteiger partial charge in [-0.15, -0.1) is 0 Å². The van der Waals surface area contributed by atoms with Gasteiger partial charge in [0.05, 0.1) is 0 Å². The van der Waals surface area contributed by atoms with Crippen LogP contribution in [0.15, 0.2) is 22.7 Å². The minimum absolute atomic E-state index is 0.00927. The number of hydrogen-bond donors (Lipinski definition) is 1. The lowest BCUT2D eigenvalue weighted by atomic mass is 9.80. The molecule has 0 aliphatic carbocycles. The zero-order valence-electron chi connectivity index (χ0n) is 13.6. The number of hydrogen-bond acceptors (Lipinski definition) is 4. The molecule has 0 spiro atoms. The molecule has 3 fully saturated rings. The van der Waals surface area contributed by atoms with Gasteiger partial charge in [0, 0.05) is 36.3 Å². The maximum Gasteiger partial charge on any atom is 0.449 e. The molecule has 4 atom stereocenters. The van der Waals surface area contributed by atoms with Crippen molar-refractivity contribution in [2.45, 2.75) is 38.0 Å². The summed E-state index contributed by atoms with van der Waals surface area (Å²) < 4.78 is 43.0. The lowest BCUT2D eigenvalue weighted by Crippen LogP contribution is -2.60. The zero-order chi connectivity index (χ0) is 17.8. The number of halogens is 3. The maximum absolute atomic E-state index is 12.7. The minimum Gasteiger partial charge on any atom is -0.451 e. The molecule has 3 aliphatic heterocycles. The fraction of sp³-hybridized carbons (Fsp3) is 0.529. The van der Waals surface area contributed by atoms with Gasteiger partial charge in [-0.1, -0.05) is 0 Å². The van der Waals surface area contributed by atoms with Gasteiger partial charge in [0.2, 0.25) is 5.76 Å². The molecule has 0 radical (unpaired) electrons. The molecule has 2 aromatic heterocycles. The number of alkyl halides is 3. The molecule has 1 N–H and O–H groups in total. The molecule has 1 amide bonds. The van der Waals surface area contributed by atoms with Gasteiger partial charge in [-0.3, -0.25) is 14.7 Å². The van der Waals surface area contributed by atoms with Crippen molar-refractivity contribution in [3.63, 3.8) is 0 Å². The second kappa shape index (κ2) is 5.72. The number of carbonyl (C=O) groups is 1. The second-order valence-electron chi connectivity index (χ2n) is 6.92. The molecular formula is C17H18F3N3O2. The first-order valence-corrected chi connectivity index (χ1v) is 8.33. The summed E-state index contributed by atoms with van der Waals surface area (Å²) in [5.41, 5.74) is 0.0788. The van der Waals surface area contributed by atoms with Crippen molar-refractivity contribution in [3.05, 3.63) is 29.8 Å². The summed E-state index contributed by atoms with van der Waals surface area (Å²) >= 11 is 0. The Labute approximate surface area is 142 Å². The lowest BCUT2D eigenvalue weighted by molar-refractivity contribution is -0.152. The monoisotopic (exact) mass is 353 g/mol. The number of pyridine rings is 1. The van der Waals surface area contributed by atoms with E-state index in [0.717, 1.165) is 32.0 Å². The van der Waals surface area contributed by atoms with Crippen LogP contribution in [0.4, 0.5) is 13.2 Å². The summed E-state index contributed by atoms with van der Waals surface area (Å²) in [5.74, 6) is -1.03. The molecule has 2 aromatic rings. The summed E-state index contributed by atoms with van der Waals surface area (Å²) in [5, 5.41) is 3.20. The number of rotatable bonds is 2. The number of aromatic nitrogens is 1. The number of fused-ring (bicyclic) bond motifs is 4. The Kier molecular flexibility index (Phi) is 3.75. The van der Waals surface area contributed by atoms with Crippen molar-refractivity contribution in [3.8, 4) is 0 Å². The Hall–Kier alpha value is -2.09. The van der Waals surface area contributed by atoms with Crippen LogP contribution in [0.25, 0.3) is 11.0 Å². The Balaban J connectivity index is 1.52. The highest BCUT2D eigenvalue weighted by Gasteiger charge is 2.39. The topological polar surface area (TPSA) is 58.4 Å². The van der Waals surface area contributed by atoms with Crippen molar-refractivity contribution in [2.75, 3.05) is 13.1 Å². The van der Waals surface area contributed by atoms with E-state index >= 15 is 0 Å². The van der Waals surface area contributed by atoms with Gasteiger partial charge >= 0.3 is 6.18 Å². The van der Waals surface area contributed by atoms with Crippen LogP contribution in [0.5, 0.6) is 0 Å². The quantitative estimate of drug-likeness (QED) is 0.902. The molecule has 4 unspecified atom stereocenters. The number of piperidine rings is 3. The third-order valence-corrected chi connectivity index (χ3v) is 5.28. The van der Waals surface area contributed by atoms with Gasteiger partial charge in [0.1, 0.15) is 11.3 Å². The fourth-order valence-corrected chi connectivity index (χ4v) is 3.90. The molecular weight excluding hydrogens is 335 g/mol. The van der Waals surface area contributed by atoms with Crippen LogP contribution in [-0.4, -0.2) is 41.0 Å². The fourth-order valence-electron chi connectivity index (χ4n) is 3.90. The molecule has 3 saturated heterocycles. The van der Waals surface area contributed by atoms with E-state index in [4.69, 9.17) is 4.42 Å². The summed E-state index contributed by atoms with van der Waals surface area (Å²) in [4.78, 5) is 18.8. The molecule has 5 heterocycles. The van der Waals surface area contributed by atoms with E-state index in [1.165, 1.54) is 12.3 Å². The average molecular weight is 353 g/mol. The normalized spacial score (nSPS) is 29.1. The molecule has 134 valence electrons. The predicted molar refractivity (Wildman–Crippen MR) is 84.0 cm³/mol. The highest BCUT2D eigenvalue weighted by atomic mass is 19.4. The van der Waals surface area contributed by atoms with Gasteiger partial charge in [-0.05, 0) is 38.3 Å². The van der Waals surface area contributed by atoms with E-state index in [1.807, 2.05) is 0 Å². The van der Waals surface area contributed by atoms with Gasteiger partial charge in [-0.25, -0.2) is 0 Å². The molecule has 3 aliphatic rings. The number of nitrogens with one attached hydrogen (secondary N) is 1. The molecule has 5 rings (SSSR count). The van der Waals surface area contributed by atoms with E-state index in [-0.39, 0.29) is 28.6 Å². The van der Waals surface area contributed by atoms with Crippen LogP contribution in [0.1, 0.15) is 36.0 Å². The van der Waals surface area contributed by atoms with Crippen molar-refractivity contribution in [1.82, 2.24) is 15.2 Å². The molecule has 2 bridgehead atoms. The Morgan fingerprint density at radius 3 is 2.84 bits per heavy atom. The number of amides is 1. The first-order valence-electron chi connectivity index (χ1n) is 8.33. The number of furan rings is 1. The SMILES string of the molecule is CC1CC2CCN1CC2NC(=O)c1cc2oc(C(F)(F)F)cc2cn1. The predicted octanol–water partition coefficient (Wildman–Crippen LogP) is 3.06. The minimum atomic E-state index is -4.56. The van der Waals surface area contributed by atoms with Crippen molar-refractivity contribution in [2.24, 2.45) is 5.92 Å². The smallest absolute Gasteiger partial charge is 0.449 e. The highest BCUT2D eigenvalue weighted by molar-refractivity contribution is 5.95. The summed E-state index contributed by atoms with van der Waals surface area (Å²) in [7, 11) is 0. The molecule has 25 heavy (non-hydrogen) atoms. The maximum atomic E-state index is 12.7. The largest absolute Gasteiger partial charge is 0.451 e. The molecule has 0 aromatic carbocycles. The van der Waals surface area contributed by atoms with E-state index in [9.17, 15) is 18.0 Å². The van der Waals surface area contributed by atoms with Crippen LogP contribution in [0.2, 0.25) is 0 Å². The standard InChI is InChI=1S/C17H18F3N3O2/c1-9-4-10-2-3-23(9)8-13(10)22-16(24)12-6-14-11(7-21-12)5-15(25-14)17(18,19)20/h5-7,9-10,13H,2-4,8H2,1H3,(H,22,24). The Bertz CT molecular complexity index is 817. The summed E-state index contributed by atoms with van der Waals surface area (Å²) in [6.07, 6.45) is -1.23. The van der Waals surface area contributed by atoms with Crippen LogP contribution in [-0.2, 0) is 6.18 Å². The third-order valence-electron chi connectivity index (χ3n) is 5.28. The van der Waals surface area contributed by atoms with E-state index < -0.39 is 11.9 Å². The van der Waals surface area contributed by atoms with Crippen molar-refractivity contribution in [1.29, 1.82) is 0 Å². The van der Waals surface area contributed by atoms with Crippen LogP contribution >= 0.6 is 0 Å². The second-order valence-corrected chi connectivity index (χ2v) is 6.92. The number of carbonyl (C=O) groups excluding carboxylic acids is 1. The first-order chi connectivity index (χ1) is 11.8. The van der Waals surface area contributed by atoms with Crippen LogP contribution < -0.4 is 5.32 Å². The lowest BCUT2D eigenvalue weighted by Gasteiger charge is -2.48. The molecule has 0 saturated carbocycles.